The fraction of sp³-hybridized carbons (Fsp3) is 0.533. The van der Waals surface area contributed by atoms with E-state index in [9.17, 15) is 0 Å². The third kappa shape index (κ3) is 3.63. The number of alkyl halides is 1. The molecule has 110 valence electrons. The molecule has 2 aromatic rings. The fourth-order valence-electron chi connectivity index (χ4n) is 2.36. The zero-order valence-electron chi connectivity index (χ0n) is 11.9. The molecule has 0 aliphatic carbocycles. The van der Waals surface area contributed by atoms with Crippen LogP contribution in [0.4, 0.5) is 0 Å². The SMILES string of the molecule is CSCCCCCn1c(C(C)Cl)nc2c(Cl)cccc21. The summed E-state index contributed by atoms with van der Waals surface area (Å²) in [5, 5.41) is 0.590. The highest BCUT2D eigenvalue weighted by Gasteiger charge is 2.16. The van der Waals surface area contributed by atoms with Crippen LogP contribution >= 0.6 is 35.0 Å². The summed E-state index contributed by atoms with van der Waals surface area (Å²) in [5.74, 6) is 2.15. The molecular weight excluding hydrogens is 311 g/mol. The van der Waals surface area contributed by atoms with Gasteiger partial charge in [-0.3, -0.25) is 0 Å². The molecule has 0 saturated heterocycles. The summed E-state index contributed by atoms with van der Waals surface area (Å²) >= 11 is 14.4. The third-order valence-electron chi connectivity index (χ3n) is 3.35. The van der Waals surface area contributed by atoms with E-state index in [0.29, 0.717) is 5.02 Å². The van der Waals surface area contributed by atoms with E-state index in [1.54, 1.807) is 0 Å². The second-order valence-electron chi connectivity index (χ2n) is 4.90. The number of benzene rings is 1. The van der Waals surface area contributed by atoms with Gasteiger partial charge < -0.3 is 4.57 Å². The monoisotopic (exact) mass is 330 g/mol. The van der Waals surface area contributed by atoms with E-state index in [-0.39, 0.29) is 5.38 Å². The molecular formula is C15H20Cl2N2S. The summed E-state index contributed by atoms with van der Waals surface area (Å²) < 4.78 is 2.22. The van der Waals surface area contributed by atoms with Crippen LogP contribution in [0.2, 0.25) is 5.02 Å². The Hall–Kier alpha value is -0.380. The highest BCUT2D eigenvalue weighted by molar-refractivity contribution is 7.98. The van der Waals surface area contributed by atoms with Crippen molar-refractivity contribution in [2.45, 2.75) is 38.1 Å². The van der Waals surface area contributed by atoms with Crippen LogP contribution in [0.3, 0.4) is 0 Å². The first-order chi connectivity index (χ1) is 9.65. The normalized spacial score (nSPS) is 13.0. The Bertz CT molecular complexity index is 566. The molecule has 0 spiro atoms. The van der Waals surface area contributed by atoms with Gasteiger partial charge in [0.1, 0.15) is 11.3 Å². The fourth-order valence-corrected chi connectivity index (χ4v) is 3.23. The van der Waals surface area contributed by atoms with Gasteiger partial charge in [0.05, 0.1) is 15.9 Å². The average Bonchev–Trinajstić information content (AvgIpc) is 2.79. The van der Waals surface area contributed by atoms with E-state index in [0.717, 1.165) is 29.8 Å². The minimum absolute atomic E-state index is 0.107. The number of hydrogen-bond acceptors (Lipinski definition) is 2. The van der Waals surface area contributed by atoms with Crippen molar-refractivity contribution in [2.75, 3.05) is 12.0 Å². The van der Waals surface area contributed by atoms with Crippen molar-refractivity contribution in [1.29, 1.82) is 0 Å². The minimum Gasteiger partial charge on any atom is -0.327 e. The van der Waals surface area contributed by atoms with Crippen LogP contribution in [-0.2, 0) is 6.54 Å². The lowest BCUT2D eigenvalue weighted by molar-refractivity contribution is 0.593. The predicted octanol–water partition coefficient (Wildman–Crippen LogP) is 5.52. The van der Waals surface area contributed by atoms with Crippen molar-refractivity contribution in [3.8, 4) is 0 Å². The molecule has 0 aliphatic rings. The zero-order valence-corrected chi connectivity index (χ0v) is 14.2. The minimum atomic E-state index is -0.107. The Labute approximate surface area is 134 Å². The van der Waals surface area contributed by atoms with Gasteiger partial charge in [-0.2, -0.15) is 11.8 Å². The van der Waals surface area contributed by atoms with Crippen LogP contribution < -0.4 is 0 Å². The van der Waals surface area contributed by atoms with Gasteiger partial charge in [-0.1, -0.05) is 24.1 Å². The molecule has 0 radical (unpaired) electrons. The molecule has 2 rings (SSSR count). The number of thioether (sulfide) groups is 1. The van der Waals surface area contributed by atoms with Gasteiger partial charge in [-0.25, -0.2) is 4.98 Å². The number of nitrogens with zero attached hydrogens (tertiary/aromatic N) is 2. The molecule has 0 N–H and O–H groups in total. The van der Waals surface area contributed by atoms with Gasteiger partial charge in [0, 0.05) is 6.54 Å². The molecule has 0 saturated carbocycles. The standard InChI is InChI=1S/C15H20Cl2N2S/c1-11(16)15-18-14-12(17)7-6-8-13(14)19(15)9-4-3-5-10-20-2/h6-8,11H,3-5,9-10H2,1-2H3. The summed E-state index contributed by atoms with van der Waals surface area (Å²) in [6.07, 6.45) is 5.80. The first-order valence-electron chi connectivity index (χ1n) is 6.92. The van der Waals surface area contributed by atoms with E-state index in [4.69, 9.17) is 23.2 Å². The highest BCUT2D eigenvalue weighted by atomic mass is 35.5. The summed E-state index contributed by atoms with van der Waals surface area (Å²) in [7, 11) is 0. The summed E-state index contributed by atoms with van der Waals surface area (Å²) in [6.45, 7) is 2.92. The maximum atomic E-state index is 6.26. The molecule has 0 bridgehead atoms. The highest BCUT2D eigenvalue weighted by Crippen LogP contribution is 2.29. The van der Waals surface area contributed by atoms with Crippen LogP contribution in [0.5, 0.6) is 0 Å². The van der Waals surface area contributed by atoms with E-state index in [1.165, 1.54) is 18.6 Å². The Morgan fingerprint density at radius 2 is 2.10 bits per heavy atom. The molecule has 5 heteroatoms. The van der Waals surface area contributed by atoms with Crippen LogP contribution in [-0.4, -0.2) is 21.6 Å². The maximum Gasteiger partial charge on any atom is 0.127 e. The Balaban J connectivity index is 2.21. The number of hydrogen-bond donors (Lipinski definition) is 0. The van der Waals surface area contributed by atoms with Crippen molar-refractivity contribution in [2.24, 2.45) is 0 Å². The number of halogens is 2. The number of aryl methyl sites for hydroxylation is 1. The summed E-state index contributed by atoms with van der Waals surface area (Å²) in [6, 6.07) is 5.92. The molecule has 1 aromatic heterocycles. The lowest BCUT2D eigenvalue weighted by Crippen LogP contribution is -2.04. The molecule has 2 nitrogen and oxygen atoms in total. The van der Waals surface area contributed by atoms with Gasteiger partial charge in [0.15, 0.2) is 0 Å². The van der Waals surface area contributed by atoms with E-state index < -0.39 is 0 Å². The molecule has 1 heterocycles. The van der Waals surface area contributed by atoms with E-state index in [1.807, 2.05) is 30.8 Å². The van der Waals surface area contributed by atoms with Crippen LogP contribution in [0, 0.1) is 0 Å². The van der Waals surface area contributed by atoms with Gasteiger partial charge in [-0.05, 0) is 43.9 Å². The number of aromatic nitrogens is 2. The van der Waals surface area contributed by atoms with Gasteiger partial charge in [-0.15, -0.1) is 11.6 Å². The van der Waals surface area contributed by atoms with Crippen LogP contribution in [0.15, 0.2) is 18.2 Å². The first kappa shape index (κ1) is 16.0. The Kier molecular flexibility index (Phi) is 6.06. The quantitative estimate of drug-likeness (QED) is 0.491. The number of imidazole rings is 1. The van der Waals surface area contributed by atoms with Gasteiger partial charge in [0.2, 0.25) is 0 Å². The number of unbranched alkanes of at least 4 members (excludes halogenated alkanes) is 2. The molecule has 1 atom stereocenters. The second-order valence-corrected chi connectivity index (χ2v) is 6.95. The average molecular weight is 331 g/mol. The van der Waals surface area contributed by atoms with Gasteiger partial charge in [0.25, 0.3) is 0 Å². The van der Waals surface area contributed by atoms with Crippen LogP contribution in [0.1, 0.15) is 37.4 Å². The smallest absolute Gasteiger partial charge is 0.127 e. The lowest BCUT2D eigenvalue weighted by atomic mass is 10.2. The van der Waals surface area contributed by atoms with Crippen molar-refractivity contribution < 1.29 is 0 Å². The molecule has 1 aromatic carbocycles. The van der Waals surface area contributed by atoms with Crippen molar-refractivity contribution >= 4 is 46.0 Å². The Morgan fingerprint density at radius 1 is 1.30 bits per heavy atom. The second kappa shape index (κ2) is 7.58. The summed E-state index contributed by atoms with van der Waals surface area (Å²) in [4.78, 5) is 4.62. The molecule has 20 heavy (non-hydrogen) atoms. The first-order valence-corrected chi connectivity index (χ1v) is 9.13. The molecule has 0 fully saturated rings. The number of para-hydroxylation sites is 1. The zero-order chi connectivity index (χ0) is 14.5. The van der Waals surface area contributed by atoms with Crippen LogP contribution in [0.25, 0.3) is 11.0 Å². The molecule has 0 amide bonds. The van der Waals surface area contributed by atoms with E-state index in [2.05, 4.69) is 21.9 Å². The molecule has 0 aliphatic heterocycles. The maximum absolute atomic E-state index is 6.26. The summed E-state index contributed by atoms with van der Waals surface area (Å²) in [5.41, 5.74) is 1.95. The largest absolute Gasteiger partial charge is 0.327 e. The number of fused-ring (bicyclic) bond motifs is 1. The van der Waals surface area contributed by atoms with E-state index >= 15 is 0 Å². The van der Waals surface area contributed by atoms with Gasteiger partial charge >= 0.3 is 0 Å². The Morgan fingerprint density at radius 3 is 2.80 bits per heavy atom. The number of rotatable bonds is 7. The molecule has 1 unspecified atom stereocenters. The van der Waals surface area contributed by atoms with Crippen molar-refractivity contribution in [3.63, 3.8) is 0 Å². The third-order valence-corrected chi connectivity index (χ3v) is 4.54. The topological polar surface area (TPSA) is 17.8 Å². The van der Waals surface area contributed by atoms with Crippen molar-refractivity contribution in [3.05, 3.63) is 29.0 Å². The predicted molar refractivity (Wildman–Crippen MR) is 91.2 cm³/mol. The lowest BCUT2D eigenvalue weighted by Gasteiger charge is -2.10. The van der Waals surface area contributed by atoms with Crippen molar-refractivity contribution in [1.82, 2.24) is 9.55 Å².